The predicted octanol–water partition coefficient (Wildman–Crippen LogP) is 2.67. The molecule has 1 atom stereocenters. The average molecular weight is 408 g/mol. The summed E-state index contributed by atoms with van der Waals surface area (Å²) in [7, 11) is 0. The van der Waals surface area contributed by atoms with Crippen LogP contribution in [0, 0.1) is 0 Å². The molecule has 6 nitrogen and oxygen atoms in total. The van der Waals surface area contributed by atoms with Gasteiger partial charge in [-0.2, -0.15) is 13.2 Å². The first-order valence-electron chi connectivity index (χ1n) is 9.28. The zero-order valence-electron chi connectivity index (χ0n) is 16.2. The molecule has 1 fully saturated rings. The highest BCUT2D eigenvalue weighted by Crippen LogP contribution is 2.33. The number of anilines is 1. The fourth-order valence-electron chi connectivity index (χ4n) is 3.43. The van der Waals surface area contributed by atoms with E-state index in [9.17, 15) is 23.1 Å². The van der Waals surface area contributed by atoms with Crippen LogP contribution in [0.2, 0.25) is 0 Å². The molecule has 2 aromatic heterocycles. The summed E-state index contributed by atoms with van der Waals surface area (Å²) in [5.74, 6) is -0.525. The van der Waals surface area contributed by atoms with E-state index in [4.69, 9.17) is 0 Å². The van der Waals surface area contributed by atoms with Gasteiger partial charge in [-0.1, -0.05) is 0 Å². The van der Waals surface area contributed by atoms with Crippen LogP contribution in [-0.4, -0.2) is 52.1 Å². The minimum absolute atomic E-state index is 0.0443. The molecule has 3 heterocycles. The molecule has 0 spiro atoms. The smallest absolute Gasteiger partial charge is 0.390 e. The quantitative estimate of drug-likeness (QED) is 0.741. The highest BCUT2D eigenvalue weighted by molar-refractivity contribution is 6.08. The van der Waals surface area contributed by atoms with Gasteiger partial charge in [0.15, 0.2) is 0 Å². The third-order valence-corrected chi connectivity index (χ3v) is 4.65. The van der Waals surface area contributed by atoms with Crippen LogP contribution in [0.15, 0.2) is 36.7 Å². The summed E-state index contributed by atoms with van der Waals surface area (Å²) >= 11 is 0. The van der Waals surface area contributed by atoms with Gasteiger partial charge < -0.3 is 15.3 Å². The third-order valence-electron chi connectivity index (χ3n) is 4.65. The van der Waals surface area contributed by atoms with Crippen molar-refractivity contribution < 1.29 is 23.1 Å². The highest BCUT2D eigenvalue weighted by atomic mass is 19.4. The Morgan fingerprint density at radius 2 is 2.07 bits per heavy atom. The Kier molecular flexibility index (Phi) is 5.90. The number of carbonyl (C=O) groups excluding carboxylic acids is 1. The van der Waals surface area contributed by atoms with E-state index in [-0.39, 0.29) is 11.6 Å². The lowest BCUT2D eigenvalue weighted by Crippen LogP contribution is -2.53. The fourth-order valence-corrected chi connectivity index (χ4v) is 3.43. The molecule has 9 heteroatoms. The van der Waals surface area contributed by atoms with Crippen molar-refractivity contribution in [3.8, 4) is 0 Å². The number of hydrogen-bond donors (Lipinski definition) is 2. The summed E-state index contributed by atoms with van der Waals surface area (Å²) in [5.41, 5.74) is -2.54. The molecule has 1 aliphatic heterocycles. The van der Waals surface area contributed by atoms with Crippen LogP contribution in [0.25, 0.3) is 0 Å². The molecule has 0 amide bonds. The average Bonchev–Trinajstić information content (AvgIpc) is 2.66. The van der Waals surface area contributed by atoms with Crippen molar-refractivity contribution in [2.45, 2.75) is 38.1 Å². The molecular formula is C20H23F3N4O2. The van der Waals surface area contributed by atoms with Crippen molar-refractivity contribution in [2.24, 2.45) is 0 Å². The lowest BCUT2D eigenvalue weighted by molar-refractivity contribution is -0.138. The summed E-state index contributed by atoms with van der Waals surface area (Å²) in [6, 6.07) is 5.04. The SMILES string of the molecule is CC(C)(O)CC1CN(c2ccc(C(F)(F)F)c(C(=O)c3cccnc3)n2)CCN1. The number of carbonyl (C=O) groups is 1. The number of alkyl halides is 3. The Morgan fingerprint density at radius 3 is 2.69 bits per heavy atom. The van der Waals surface area contributed by atoms with E-state index >= 15 is 0 Å². The summed E-state index contributed by atoms with van der Waals surface area (Å²) in [6.45, 7) is 4.99. The minimum Gasteiger partial charge on any atom is -0.390 e. The van der Waals surface area contributed by atoms with Crippen LogP contribution in [0.1, 0.15) is 41.9 Å². The Bertz CT molecular complexity index is 866. The summed E-state index contributed by atoms with van der Waals surface area (Å²) < 4.78 is 40.5. The van der Waals surface area contributed by atoms with Gasteiger partial charge in [0.1, 0.15) is 11.5 Å². The number of nitrogens with one attached hydrogen (secondary N) is 1. The number of aromatic nitrogens is 2. The van der Waals surface area contributed by atoms with E-state index < -0.39 is 28.8 Å². The van der Waals surface area contributed by atoms with Gasteiger partial charge in [0, 0.05) is 43.6 Å². The minimum atomic E-state index is -4.70. The van der Waals surface area contributed by atoms with Crippen LogP contribution in [0.4, 0.5) is 19.0 Å². The maximum atomic E-state index is 13.5. The first kappa shape index (κ1) is 21.2. The molecule has 3 rings (SSSR count). The monoisotopic (exact) mass is 408 g/mol. The van der Waals surface area contributed by atoms with Gasteiger partial charge in [-0.25, -0.2) is 4.98 Å². The zero-order chi connectivity index (χ0) is 21.2. The Balaban J connectivity index is 1.94. The number of pyridine rings is 2. The maximum Gasteiger partial charge on any atom is 0.418 e. The van der Waals surface area contributed by atoms with E-state index in [2.05, 4.69) is 15.3 Å². The van der Waals surface area contributed by atoms with Crippen LogP contribution in [0.3, 0.4) is 0 Å². The molecule has 1 unspecified atom stereocenters. The molecule has 29 heavy (non-hydrogen) atoms. The molecule has 0 radical (unpaired) electrons. The molecule has 0 bridgehead atoms. The lowest BCUT2D eigenvalue weighted by Gasteiger charge is -2.37. The van der Waals surface area contributed by atoms with Gasteiger partial charge in [-0.15, -0.1) is 0 Å². The number of nitrogens with zero attached hydrogens (tertiary/aromatic N) is 3. The summed E-state index contributed by atoms with van der Waals surface area (Å²) in [5, 5.41) is 13.3. The standard InChI is InChI=1S/C20H23F3N4O2/c1-19(2,29)10-14-12-27(9-8-25-14)16-6-5-15(20(21,22)23)17(26-16)18(28)13-4-3-7-24-11-13/h3-7,11,14,25,29H,8-10,12H2,1-2H3. The molecule has 0 aromatic carbocycles. The van der Waals surface area contributed by atoms with Gasteiger partial charge >= 0.3 is 6.18 Å². The van der Waals surface area contributed by atoms with Gasteiger partial charge in [-0.05, 0) is 44.5 Å². The van der Waals surface area contributed by atoms with E-state index in [0.29, 0.717) is 31.9 Å². The first-order valence-corrected chi connectivity index (χ1v) is 9.28. The van der Waals surface area contributed by atoms with Gasteiger partial charge in [0.25, 0.3) is 0 Å². The number of hydrogen-bond acceptors (Lipinski definition) is 6. The van der Waals surface area contributed by atoms with E-state index in [1.54, 1.807) is 13.8 Å². The molecular weight excluding hydrogens is 385 g/mol. The topological polar surface area (TPSA) is 78.3 Å². The first-order chi connectivity index (χ1) is 13.5. The van der Waals surface area contributed by atoms with E-state index in [0.717, 1.165) is 6.07 Å². The number of ketones is 1. The molecule has 1 aliphatic rings. The van der Waals surface area contributed by atoms with Crippen molar-refractivity contribution in [1.82, 2.24) is 15.3 Å². The Labute approximate surface area is 166 Å². The van der Waals surface area contributed by atoms with Crippen molar-refractivity contribution in [2.75, 3.05) is 24.5 Å². The van der Waals surface area contributed by atoms with Crippen LogP contribution < -0.4 is 10.2 Å². The van der Waals surface area contributed by atoms with Crippen molar-refractivity contribution >= 4 is 11.6 Å². The number of aliphatic hydroxyl groups is 1. The summed E-state index contributed by atoms with van der Waals surface area (Å²) in [6.07, 6.45) is -1.56. The van der Waals surface area contributed by atoms with Crippen molar-refractivity contribution in [1.29, 1.82) is 0 Å². The second-order valence-corrected chi connectivity index (χ2v) is 7.75. The molecule has 2 aromatic rings. The lowest BCUT2D eigenvalue weighted by atomic mass is 9.97. The van der Waals surface area contributed by atoms with E-state index in [1.165, 1.54) is 30.6 Å². The van der Waals surface area contributed by atoms with Crippen LogP contribution in [-0.2, 0) is 6.18 Å². The third kappa shape index (κ3) is 5.30. The number of piperazine rings is 1. The molecule has 156 valence electrons. The normalized spacial score (nSPS) is 18.0. The molecule has 0 saturated carbocycles. The van der Waals surface area contributed by atoms with Crippen molar-refractivity contribution in [3.63, 3.8) is 0 Å². The number of rotatable bonds is 5. The van der Waals surface area contributed by atoms with Gasteiger partial charge in [0.2, 0.25) is 5.78 Å². The van der Waals surface area contributed by atoms with Crippen LogP contribution >= 0.6 is 0 Å². The molecule has 0 aliphatic carbocycles. The molecule has 2 N–H and O–H groups in total. The second kappa shape index (κ2) is 8.08. The summed E-state index contributed by atoms with van der Waals surface area (Å²) in [4.78, 5) is 22.5. The van der Waals surface area contributed by atoms with Gasteiger partial charge in [-0.3, -0.25) is 9.78 Å². The highest BCUT2D eigenvalue weighted by Gasteiger charge is 2.37. The Hall–Kier alpha value is -2.52. The Morgan fingerprint density at radius 1 is 1.31 bits per heavy atom. The van der Waals surface area contributed by atoms with Crippen LogP contribution in [0.5, 0.6) is 0 Å². The predicted molar refractivity (Wildman–Crippen MR) is 102 cm³/mol. The molecule has 1 saturated heterocycles. The second-order valence-electron chi connectivity index (χ2n) is 7.75. The maximum absolute atomic E-state index is 13.5. The van der Waals surface area contributed by atoms with Gasteiger partial charge in [0.05, 0.1) is 11.2 Å². The van der Waals surface area contributed by atoms with Crippen molar-refractivity contribution in [3.05, 3.63) is 53.5 Å². The largest absolute Gasteiger partial charge is 0.418 e. The van der Waals surface area contributed by atoms with E-state index in [1.807, 2.05) is 4.90 Å². The number of halogens is 3. The zero-order valence-corrected chi connectivity index (χ0v) is 16.2. The fraction of sp³-hybridized carbons (Fsp3) is 0.450.